The van der Waals surface area contributed by atoms with Crippen molar-refractivity contribution in [2.24, 2.45) is 10.9 Å². The fourth-order valence-corrected chi connectivity index (χ4v) is 2.09. The minimum Gasteiger partial charge on any atom is -0.497 e. The number of pyridine rings is 1. The maximum atomic E-state index is 8.86. The minimum atomic E-state index is 0.0601. The van der Waals surface area contributed by atoms with E-state index in [1.807, 2.05) is 36.2 Å². The van der Waals surface area contributed by atoms with Gasteiger partial charge in [-0.05, 0) is 23.8 Å². The highest BCUT2D eigenvalue weighted by Gasteiger charge is 2.11. The standard InChI is InChI=1S/C15H18N4O2/c1-19(10-11-4-3-5-12(8-11)21-2)14-9-17-7-6-13(14)15(16)18-20/h3-9,20H,10H2,1-2H3,(H2,16,18). The fourth-order valence-electron chi connectivity index (χ4n) is 2.09. The molecule has 1 aromatic heterocycles. The number of methoxy groups -OCH3 is 1. The molecule has 110 valence electrons. The second-order valence-corrected chi connectivity index (χ2v) is 4.59. The molecular formula is C15H18N4O2. The van der Waals surface area contributed by atoms with Gasteiger partial charge in [0.25, 0.3) is 0 Å². The molecule has 21 heavy (non-hydrogen) atoms. The van der Waals surface area contributed by atoms with E-state index in [1.165, 1.54) is 0 Å². The lowest BCUT2D eigenvalue weighted by atomic mass is 10.1. The van der Waals surface area contributed by atoms with Crippen LogP contribution in [0.5, 0.6) is 5.75 Å². The van der Waals surface area contributed by atoms with Crippen molar-refractivity contribution < 1.29 is 9.94 Å². The maximum absolute atomic E-state index is 8.86. The molecule has 3 N–H and O–H groups in total. The Labute approximate surface area is 123 Å². The normalized spacial score (nSPS) is 11.2. The number of nitrogens with zero attached hydrogens (tertiary/aromatic N) is 3. The molecule has 6 nitrogen and oxygen atoms in total. The van der Waals surface area contributed by atoms with E-state index in [2.05, 4.69) is 10.1 Å². The number of oxime groups is 1. The van der Waals surface area contributed by atoms with Crippen LogP contribution in [0, 0.1) is 0 Å². The van der Waals surface area contributed by atoms with E-state index in [0.717, 1.165) is 17.0 Å². The van der Waals surface area contributed by atoms with Crippen LogP contribution in [0.25, 0.3) is 0 Å². The molecule has 1 aromatic carbocycles. The zero-order chi connectivity index (χ0) is 15.2. The highest BCUT2D eigenvalue weighted by molar-refractivity contribution is 6.01. The van der Waals surface area contributed by atoms with E-state index >= 15 is 0 Å². The maximum Gasteiger partial charge on any atom is 0.172 e. The zero-order valence-electron chi connectivity index (χ0n) is 12.0. The van der Waals surface area contributed by atoms with Crippen molar-refractivity contribution in [1.29, 1.82) is 0 Å². The Balaban J connectivity index is 2.26. The van der Waals surface area contributed by atoms with Crippen molar-refractivity contribution in [3.05, 3.63) is 53.9 Å². The molecule has 0 amide bonds. The molecule has 0 radical (unpaired) electrons. The molecule has 0 unspecified atom stereocenters. The van der Waals surface area contributed by atoms with Crippen LogP contribution in [0.2, 0.25) is 0 Å². The summed E-state index contributed by atoms with van der Waals surface area (Å²) in [5.74, 6) is 0.869. The van der Waals surface area contributed by atoms with Crippen LogP contribution in [0.4, 0.5) is 5.69 Å². The highest BCUT2D eigenvalue weighted by Crippen LogP contribution is 2.21. The van der Waals surface area contributed by atoms with Gasteiger partial charge in [-0.15, -0.1) is 0 Å². The van der Waals surface area contributed by atoms with E-state index in [0.29, 0.717) is 12.1 Å². The fraction of sp³-hybridized carbons (Fsp3) is 0.200. The second-order valence-electron chi connectivity index (χ2n) is 4.59. The van der Waals surface area contributed by atoms with Crippen LogP contribution in [-0.2, 0) is 6.54 Å². The molecule has 0 spiro atoms. The van der Waals surface area contributed by atoms with E-state index in [1.54, 1.807) is 25.6 Å². The number of benzene rings is 1. The molecule has 0 aliphatic heterocycles. The van der Waals surface area contributed by atoms with E-state index in [9.17, 15) is 0 Å². The number of aromatic nitrogens is 1. The predicted molar refractivity (Wildman–Crippen MR) is 81.8 cm³/mol. The summed E-state index contributed by atoms with van der Waals surface area (Å²) in [6, 6.07) is 9.53. The molecule has 0 fully saturated rings. The monoisotopic (exact) mass is 286 g/mol. The van der Waals surface area contributed by atoms with Crippen molar-refractivity contribution >= 4 is 11.5 Å². The van der Waals surface area contributed by atoms with Crippen LogP contribution >= 0.6 is 0 Å². The molecule has 0 saturated heterocycles. The van der Waals surface area contributed by atoms with Gasteiger partial charge in [0.1, 0.15) is 5.75 Å². The first-order chi connectivity index (χ1) is 10.2. The van der Waals surface area contributed by atoms with Crippen LogP contribution < -0.4 is 15.4 Å². The van der Waals surface area contributed by atoms with Gasteiger partial charge in [-0.25, -0.2) is 0 Å². The van der Waals surface area contributed by atoms with Crippen molar-refractivity contribution in [3.63, 3.8) is 0 Å². The largest absolute Gasteiger partial charge is 0.497 e. The molecule has 0 saturated carbocycles. The summed E-state index contributed by atoms with van der Waals surface area (Å²) < 4.78 is 5.22. The van der Waals surface area contributed by atoms with Crippen LogP contribution in [0.3, 0.4) is 0 Å². The number of rotatable bonds is 5. The average molecular weight is 286 g/mol. The van der Waals surface area contributed by atoms with Crippen LogP contribution in [0.1, 0.15) is 11.1 Å². The summed E-state index contributed by atoms with van der Waals surface area (Å²) in [6.07, 6.45) is 3.30. The summed E-state index contributed by atoms with van der Waals surface area (Å²) in [4.78, 5) is 6.08. The number of hydrogen-bond acceptors (Lipinski definition) is 5. The van der Waals surface area contributed by atoms with E-state index in [-0.39, 0.29) is 5.84 Å². The average Bonchev–Trinajstić information content (AvgIpc) is 2.54. The lowest BCUT2D eigenvalue weighted by molar-refractivity contribution is 0.318. The highest BCUT2D eigenvalue weighted by atomic mass is 16.5. The molecule has 0 atom stereocenters. The third-order valence-electron chi connectivity index (χ3n) is 3.15. The first-order valence-corrected chi connectivity index (χ1v) is 6.41. The van der Waals surface area contributed by atoms with Gasteiger partial charge in [-0.2, -0.15) is 0 Å². The van der Waals surface area contributed by atoms with Crippen LogP contribution in [-0.4, -0.2) is 30.2 Å². The summed E-state index contributed by atoms with van der Waals surface area (Å²) >= 11 is 0. The number of hydrogen-bond donors (Lipinski definition) is 2. The lowest BCUT2D eigenvalue weighted by Crippen LogP contribution is -2.22. The second kappa shape index (κ2) is 6.60. The quantitative estimate of drug-likeness (QED) is 0.379. The molecule has 2 aromatic rings. The van der Waals surface area contributed by atoms with Crippen molar-refractivity contribution in [2.75, 3.05) is 19.1 Å². The first kappa shape index (κ1) is 14.6. The summed E-state index contributed by atoms with van der Waals surface area (Å²) in [7, 11) is 3.56. The van der Waals surface area contributed by atoms with Gasteiger partial charge in [0.2, 0.25) is 0 Å². The van der Waals surface area contributed by atoms with Crippen molar-refractivity contribution in [1.82, 2.24) is 4.98 Å². The molecule has 2 rings (SSSR count). The molecular weight excluding hydrogens is 268 g/mol. The predicted octanol–water partition coefficient (Wildman–Crippen LogP) is 1.82. The van der Waals surface area contributed by atoms with Gasteiger partial charge in [0, 0.05) is 25.4 Å². The third-order valence-corrected chi connectivity index (χ3v) is 3.15. The summed E-state index contributed by atoms with van der Waals surface area (Å²) in [5.41, 5.74) is 8.21. The van der Waals surface area contributed by atoms with Crippen LogP contribution in [0.15, 0.2) is 47.9 Å². The molecule has 0 aliphatic rings. The van der Waals surface area contributed by atoms with Gasteiger partial charge in [-0.3, -0.25) is 4.98 Å². The Hall–Kier alpha value is -2.76. The van der Waals surface area contributed by atoms with Gasteiger partial charge >= 0.3 is 0 Å². The molecule has 6 heteroatoms. The lowest BCUT2D eigenvalue weighted by Gasteiger charge is -2.21. The van der Waals surface area contributed by atoms with Gasteiger partial charge in [0.15, 0.2) is 5.84 Å². The van der Waals surface area contributed by atoms with Crippen molar-refractivity contribution in [2.45, 2.75) is 6.54 Å². The summed E-state index contributed by atoms with van der Waals surface area (Å²) in [6.45, 7) is 0.647. The van der Waals surface area contributed by atoms with E-state index < -0.39 is 0 Å². The Bertz CT molecular complexity index is 643. The van der Waals surface area contributed by atoms with Gasteiger partial charge < -0.3 is 20.6 Å². The first-order valence-electron chi connectivity index (χ1n) is 6.41. The SMILES string of the molecule is COc1cccc(CN(C)c2cnccc2/C(N)=N/O)c1. The smallest absolute Gasteiger partial charge is 0.172 e. The molecule has 0 bridgehead atoms. The number of anilines is 1. The Morgan fingerprint density at radius 3 is 2.95 bits per heavy atom. The topological polar surface area (TPSA) is 84.0 Å². The Morgan fingerprint density at radius 1 is 1.43 bits per heavy atom. The van der Waals surface area contributed by atoms with Crippen molar-refractivity contribution in [3.8, 4) is 5.75 Å². The number of amidine groups is 1. The summed E-state index contributed by atoms with van der Waals surface area (Å²) in [5, 5.41) is 11.9. The minimum absolute atomic E-state index is 0.0601. The third kappa shape index (κ3) is 3.42. The number of nitrogens with two attached hydrogens (primary N) is 1. The van der Waals surface area contributed by atoms with Gasteiger partial charge in [-0.1, -0.05) is 17.3 Å². The Morgan fingerprint density at radius 2 is 2.24 bits per heavy atom. The number of ether oxygens (including phenoxy) is 1. The molecule has 1 heterocycles. The molecule has 0 aliphatic carbocycles. The zero-order valence-corrected chi connectivity index (χ0v) is 12.0. The van der Waals surface area contributed by atoms with Gasteiger partial charge in [0.05, 0.1) is 19.0 Å². The van der Waals surface area contributed by atoms with E-state index in [4.69, 9.17) is 15.7 Å². The Kier molecular flexibility index (Phi) is 4.61.